The third-order valence-electron chi connectivity index (χ3n) is 5.68. The first-order chi connectivity index (χ1) is 22.7. The first kappa shape index (κ1) is 34.7. The maximum Gasteiger partial charge on any atom is 0.327 e. The van der Waals surface area contributed by atoms with E-state index in [0.29, 0.717) is 0 Å². The summed E-state index contributed by atoms with van der Waals surface area (Å²) in [6, 6.07) is 0. The summed E-state index contributed by atoms with van der Waals surface area (Å²) < 4.78 is 0. The number of aromatic amines is 16. The molecule has 0 atom stereocenters. The number of hydrogen-bond donors (Lipinski definition) is 16. The van der Waals surface area contributed by atoms with E-state index >= 15 is 0 Å². The van der Waals surface area contributed by atoms with E-state index in [0.717, 1.165) is 0 Å². The van der Waals surface area contributed by atoms with Gasteiger partial charge in [0.05, 0.1) is 0 Å². The van der Waals surface area contributed by atoms with Crippen LogP contribution < -0.4 is 67.8 Å². The second-order valence-electron chi connectivity index (χ2n) is 8.95. The number of aromatic nitrogens is 16. The Balaban J connectivity index is 0.000000146. The van der Waals surface area contributed by atoms with Crippen LogP contribution in [0.25, 0.3) is 44.7 Å². The average Bonchev–Trinajstić information content (AvgIpc) is 3.74. The van der Waals surface area contributed by atoms with Gasteiger partial charge in [0.2, 0.25) is 0 Å². The molecule has 29 heteroatoms. The van der Waals surface area contributed by atoms with Crippen LogP contribution in [0.15, 0.2) is 57.5 Å². The predicted octanol–water partition coefficient (Wildman–Crippen LogP) is -7.45. The minimum Gasteiger partial charge on any atom is -0.300 e. The zero-order chi connectivity index (χ0) is 34.9. The van der Waals surface area contributed by atoms with Gasteiger partial charge in [0.1, 0.15) is 44.7 Å². The summed E-state index contributed by atoms with van der Waals surface area (Å²) in [5.74, 6) is 0. The van der Waals surface area contributed by atoms with Gasteiger partial charge in [0.25, 0.3) is 22.2 Å². The van der Waals surface area contributed by atoms with Gasteiger partial charge in [-0.15, -0.1) is 0 Å². The quantitative estimate of drug-likeness (QED) is 0.0658. The van der Waals surface area contributed by atoms with Crippen LogP contribution in [0.3, 0.4) is 0 Å². The van der Waals surface area contributed by atoms with Crippen molar-refractivity contribution in [1.82, 2.24) is 79.7 Å². The molecule has 0 unspecified atom stereocenters. The van der Waals surface area contributed by atoms with Crippen LogP contribution >= 0.6 is 0 Å². The smallest absolute Gasteiger partial charge is 0.300 e. The molecule has 8 heterocycles. The summed E-state index contributed by atoms with van der Waals surface area (Å²) in [6.45, 7) is 0. The van der Waals surface area contributed by atoms with Crippen molar-refractivity contribution in [2.24, 2.45) is 0 Å². The molecule has 8 rings (SSSR count). The summed E-state index contributed by atoms with van der Waals surface area (Å²) in [4.78, 5) is 164. The molecule has 0 spiro atoms. The number of rotatable bonds is 0. The normalized spacial score (nSPS) is 10.4. The molecule has 0 aromatic carbocycles. The van der Waals surface area contributed by atoms with Crippen molar-refractivity contribution >= 4 is 74.2 Å². The van der Waals surface area contributed by atoms with Gasteiger partial charge >= 0.3 is 45.5 Å². The Morgan fingerprint density at radius 3 is 0.510 bits per heavy atom. The van der Waals surface area contributed by atoms with Crippen molar-refractivity contribution in [3.63, 3.8) is 0 Å². The molecule has 0 saturated carbocycles. The second-order valence-corrected chi connectivity index (χ2v) is 8.95. The van der Waals surface area contributed by atoms with Gasteiger partial charge in [0, 0.05) is 29.6 Å². The van der Waals surface area contributed by atoms with Gasteiger partial charge in [-0.3, -0.25) is 98.9 Å². The molecule has 0 aliphatic heterocycles. The van der Waals surface area contributed by atoms with Crippen molar-refractivity contribution in [3.8, 4) is 0 Å². The van der Waals surface area contributed by atoms with Crippen LogP contribution in [0, 0.1) is 0 Å². The first-order valence-corrected chi connectivity index (χ1v) is 12.4. The van der Waals surface area contributed by atoms with Crippen LogP contribution in [0.4, 0.5) is 0 Å². The Bertz CT molecular complexity index is 2770. The molecule has 0 amide bonds. The molecule has 49 heavy (non-hydrogen) atoms. The zero-order valence-corrected chi connectivity index (χ0v) is 25.9. The van der Waals surface area contributed by atoms with Crippen LogP contribution in [0.2, 0.25) is 0 Å². The molecule has 16 N–H and O–H groups in total. The van der Waals surface area contributed by atoms with Gasteiger partial charge in [-0.1, -0.05) is 0 Å². The van der Waals surface area contributed by atoms with Crippen molar-refractivity contribution < 1.29 is 0 Å². The molecule has 249 valence electrons. The van der Waals surface area contributed by atoms with Crippen LogP contribution in [0.1, 0.15) is 0 Å². The SMILES string of the molecule is O=c1[nH]c(=O)c2[nH]c(=O)[nH]c2[nH]1.O=c1[nH]c(=O)c2[nH]c(=O)[nH]c2[nH]1.O=c1[nH]c(=O)c2[nH]c(=O)[nH]c2[nH]1.O=c1[nH]c(=O)c2[nH]c(=O)[nH]c2[nH]1.[Na]. The molecule has 0 aliphatic rings. The average molecular weight is 695 g/mol. The molecule has 8 aromatic heterocycles. The third-order valence-corrected chi connectivity index (χ3v) is 5.68. The monoisotopic (exact) mass is 695 g/mol. The van der Waals surface area contributed by atoms with Gasteiger partial charge < -0.3 is 0 Å². The molecular formula is C20H16N16NaO12. The maximum absolute atomic E-state index is 10.9. The fraction of sp³-hybridized carbons (Fsp3) is 0. The van der Waals surface area contributed by atoms with E-state index < -0.39 is 67.8 Å². The number of hydrogen-bond acceptors (Lipinski definition) is 12. The van der Waals surface area contributed by atoms with E-state index in [2.05, 4.69) is 59.8 Å². The van der Waals surface area contributed by atoms with Crippen molar-refractivity contribution in [2.45, 2.75) is 0 Å². The van der Waals surface area contributed by atoms with Crippen LogP contribution in [-0.4, -0.2) is 109 Å². The summed E-state index contributed by atoms with van der Waals surface area (Å²) >= 11 is 0. The Hall–Kier alpha value is -7.20. The zero-order valence-electron chi connectivity index (χ0n) is 23.9. The Morgan fingerprint density at radius 2 is 0.347 bits per heavy atom. The second kappa shape index (κ2) is 13.7. The molecule has 28 nitrogen and oxygen atoms in total. The minimum absolute atomic E-state index is 0. The number of imidazole rings is 4. The summed E-state index contributed by atoms with van der Waals surface area (Å²) in [6.07, 6.45) is 0. The standard InChI is InChI=1S/4C5H4N4O3.Na/c4*10-3-1-2(7-4(11)6-1)8-5(12)9-3;/h4*(H4,6,7,8,9,10,11,12);. The molecule has 0 saturated heterocycles. The molecular weight excluding hydrogens is 679 g/mol. The van der Waals surface area contributed by atoms with E-state index in [1.54, 1.807) is 0 Å². The summed E-state index contributed by atoms with van der Waals surface area (Å²) in [5, 5.41) is 0. The number of nitrogens with one attached hydrogen (secondary N) is 16. The molecule has 0 bridgehead atoms. The number of fused-ring (bicyclic) bond motifs is 4. The van der Waals surface area contributed by atoms with E-state index in [-0.39, 0.29) is 74.2 Å². The van der Waals surface area contributed by atoms with Gasteiger partial charge in [0.15, 0.2) is 0 Å². The topological polar surface area (TPSA) is 457 Å². The number of H-pyrrole nitrogens is 16. The molecule has 0 fully saturated rings. The predicted molar refractivity (Wildman–Crippen MR) is 166 cm³/mol. The molecule has 0 aliphatic carbocycles. The molecule has 1 radical (unpaired) electrons. The summed E-state index contributed by atoms with van der Waals surface area (Å²) in [7, 11) is 0. The third kappa shape index (κ3) is 7.79. The first-order valence-electron chi connectivity index (χ1n) is 12.4. The minimum atomic E-state index is -0.650. The Labute approximate surface area is 278 Å². The summed E-state index contributed by atoms with van der Waals surface area (Å²) in [5.41, 5.74) is -6.61. The maximum atomic E-state index is 10.9. The van der Waals surface area contributed by atoms with Gasteiger partial charge in [-0.25, -0.2) is 38.4 Å². The Morgan fingerprint density at radius 1 is 0.204 bits per heavy atom. The van der Waals surface area contributed by atoms with Crippen LogP contribution in [0.5, 0.6) is 0 Å². The van der Waals surface area contributed by atoms with E-state index in [1.165, 1.54) is 0 Å². The van der Waals surface area contributed by atoms with Crippen LogP contribution in [-0.2, 0) is 0 Å². The van der Waals surface area contributed by atoms with Crippen molar-refractivity contribution in [1.29, 1.82) is 0 Å². The van der Waals surface area contributed by atoms with Crippen molar-refractivity contribution in [3.05, 3.63) is 125 Å². The largest absolute Gasteiger partial charge is 0.327 e. The fourth-order valence-corrected chi connectivity index (χ4v) is 3.83. The van der Waals surface area contributed by atoms with E-state index in [1.807, 2.05) is 19.9 Å². The van der Waals surface area contributed by atoms with Crippen molar-refractivity contribution in [2.75, 3.05) is 0 Å². The van der Waals surface area contributed by atoms with Gasteiger partial charge in [-0.05, 0) is 0 Å². The molecule has 8 aromatic rings. The van der Waals surface area contributed by atoms with Gasteiger partial charge in [-0.2, -0.15) is 0 Å². The van der Waals surface area contributed by atoms with E-state index in [4.69, 9.17) is 0 Å². The fourth-order valence-electron chi connectivity index (χ4n) is 3.83. The Kier molecular flexibility index (Phi) is 9.66. The van der Waals surface area contributed by atoms with E-state index in [9.17, 15) is 57.5 Å².